The van der Waals surface area contributed by atoms with E-state index in [2.05, 4.69) is 20.1 Å². The van der Waals surface area contributed by atoms with Crippen LogP contribution in [0.15, 0.2) is 46.2 Å². The number of amides is 2. The van der Waals surface area contributed by atoms with Gasteiger partial charge in [0.25, 0.3) is 0 Å². The molecule has 0 bridgehead atoms. The van der Waals surface area contributed by atoms with E-state index in [9.17, 15) is 56.4 Å². The molecule has 2 atom stereocenters. The van der Waals surface area contributed by atoms with Gasteiger partial charge in [-0.3, -0.25) is 0 Å². The zero-order chi connectivity index (χ0) is 40.6. The van der Waals surface area contributed by atoms with Gasteiger partial charge in [-0.15, -0.1) is 0 Å². The smallest absolute Gasteiger partial charge is 0.408 e. The summed E-state index contributed by atoms with van der Waals surface area (Å²) >= 11 is 0. The Kier molecular flexibility index (Phi) is 11.8. The highest BCUT2D eigenvalue weighted by Crippen LogP contribution is 2.45. The van der Waals surface area contributed by atoms with Gasteiger partial charge in [0.1, 0.15) is 34.8 Å². The molecule has 0 aliphatic rings. The molecule has 2 amide bonds. The molecule has 0 aliphatic heterocycles. The maximum absolute atomic E-state index is 13.9. The number of carbonyl (C=O) groups is 4. The highest BCUT2D eigenvalue weighted by Gasteiger charge is 2.30. The van der Waals surface area contributed by atoms with Crippen molar-refractivity contribution < 1.29 is 65.9 Å². The molecule has 0 saturated carbocycles. The molecule has 294 valence electrons. The standard InChI is InChI=1S/C34H42N4O14S2/c1-33(2,3)51-31(45)37-21(29(41)42)11-13-35-53(47,48)25-16-26(54(49,50)36-14-12-22(30(43)44)38-32(46)52-34(4,5)6)20-10-8-18-24(40)15-23(39)17-7-9-19(25)28(20)27(17)18/h7-10,15-16,21-22,35-36,39-40H,11-14H2,1-6H3,(H,37,45)(H,38,46)(H,41,42)(H,43,44). The number of nitrogens with one attached hydrogen (secondary N) is 4. The molecular formula is C34H42N4O14S2. The predicted molar refractivity (Wildman–Crippen MR) is 195 cm³/mol. The summed E-state index contributed by atoms with van der Waals surface area (Å²) < 4.78 is 70.4. The van der Waals surface area contributed by atoms with Crippen molar-refractivity contribution >= 4 is 76.5 Å². The quantitative estimate of drug-likeness (QED) is 0.0851. The highest BCUT2D eigenvalue weighted by atomic mass is 32.2. The number of rotatable bonds is 14. The number of benzene rings is 4. The van der Waals surface area contributed by atoms with E-state index >= 15 is 0 Å². The summed E-state index contributed by atoms with van der Waals surface area (Å²) in [6, 6.07) is 4.25. The van der Waals surface area contributed by atoms with Crippen molar-refractivity contribution in [1.29, 1.82) is 0 Å². The second-order valence-corrected chi connectivity index (χ2v) is 17.8. The minimum Gasteiger partial charge on any atom is -0.507 e. The summed E-state index contributed by atoms with van der Waals surface area (Å²) in [7, 11) is -9.37. The second-order valence-electron chi connectivity index (χ2n) is 14.3. The van der Waals surface area contributed by atoms with Crippen molar-refractivity contribution in [3.8, 4) is 11.5 Å². The van der Waals surface area contributed by atoms with E-state index in [0.717, 1.165) is 12.1 Å². The molecule has 18 nitrogen and oxygen atoms in total. The Bertz CT molecular complexity index is 2180. The molecule has 0 heterocycles. The van der Waals surface area contributed by atoms with E-state index < -0.39 is 103 Å². The van der Waals surface area contributed by atoms with Crippen LogP contribution in [-0.4, -0.2) is 97.8 Å². The summed E-state index contributed by atoms with van der Waals surface area (Å²) in [5, 5.41) is 45.4. The van der Waals surface area contributed by atoms with Gasteiger partial charge in [0.2, 0.25) is 20.0 Å². The fourth-order valence-electron chi connectivity index (χ4n) is 5.58. The van der Waals surface area contributed by atoms with Crippen LogP contribution in [0.5, 0.6) is 11.5 Å². The Morgan fingerprint density at radius 2 is 0.944 bits per heavy atom. The Labute approximate surface area is 310 Å². The molecule has 0 spiro atoms. The Morgan fingerprint density at radius 3 is 1.28 bits per heavy atom. The Morgan fingerprint density at radius 1 is 0.611 bits per heavy atom. The van der Waals surface area contributed by atoms with Gasteiger partial charge >= 0.3 is 24.1 Å². The molecule has 4 rings (SSSR count). The number of hydrogen-bond acceptors (Lipinski definition) is 12. The summed E-state index contributed by atoms with van der Waals surface area (Å²) in [5.41, 5.74) is -1.89. The predicted octanol–water partition coefficient (Wildman–Crippen LogP) is 3.29. The molecule has 8 N–H and O–H groups in total. The largest absolute Gasteiger partial charge is 0.507 e. The number of hydrogen-bond donors (Lipinski definition) is 8. The number of carboxylic acids is 2. The molecule has 0 aliphatic carbocycles. The second kappa shape index (κ2) is 15.3. The average Bonchev–Trinajstić information content (AvgIpc) is 3.01. The molecule has 4 aromatic carbocycles. The minimum absolute atomic E-state index is 0.0197. The number of alkyl carbamates (subject to hydrolysis) is 2. The van der Waals surface area contributed by atoms with Crippen LogP contribution in [0.3, 0.4) is 0 Å². The van der Waals surface area contributed by atoms with Crippen LogP contribution in [0.2, 0.25) is 0 Å². The number of aromatic hydroxyl groups is 2. The Balaban J connectivity index is 1.74. The van der Waals surface area contributed by atoms with Gasteiger partial charge in [-0.05, 0) is 72.6 Å². The van der Waals surface area contributed by atoms with Crippen molar-refractivity contribution in [2.75, 3.05) is 13.1 Å². The number of phenols is 2. The van der Waals surface area contributed by atoms with E-state index in [-0.39, 0.29) is 43.8 Å². The van der Waals surface area contributed by atoms with Gasteiger partial charge in [-0.25, -0.2) is 45.5 Å². The molecule has 0 fully saturated rings. The topological polar surface area (TPSA) is 284 Å². The third-order valence-electron chi connectivity index (χ3n) is 7.79. The highest BCUT2D eigenvalue weighted by molar-refractivity contribution is 7.90. The summed E-state index contributed by atoms with van der Waals surface area (Å²) in [5.74, 6) is -3.71. The maximum Gasteiger partial charge on any atom is 0.408 e. The summed E-state index contributed by atoms with van der Waals surface area (Å²) in [4.78, 5) is 47.0. The summed E-state index contributed by atoms with van der Waals surface area (Å²) in [6.45, 7) is 8.31. The normalized spacial score (nSPS) is 13.8. The van der Waals surface area contributed by atoms with E-state index in [1.165, 1.54) is 24.3 Å². The molecule has 0 aromatic heterocycles. The van der Waals surface area contributed by atoms with Crippen molar-refractivity contribution in [3.05, 3.63) is 36.4 Å². The number of carbonyl (C=O) groups excluding carboxylic acids is 2. The van der Waals surface area contributed by atoms with Gasteiger partial charge in [0.15, 0.2) is 0 Å². The van der Waals surface area contributed by atoms with Crippen LogP contribution in [0.25, 0.3) is 32.3 Å². The van der Waals surface area contributed by atoms with E-state index in [1.807, 2.05) is 0 Å². The van der Waals surface area contributed by atoms with Gasteiger partial charge in [0, 0.05) is 51.5 Å². The van der Waals surface area contributed by atoms with Gasteiger partial charge in [-0.1, -0.05) is 12.1 Å². The van der Waals surface area contributed by atoms with Crippen LogP contribution >= 0.6 is 0 Å². The van der Waals surface area contributed by atoms with E-state index in [4.69, 9.17) is 9.47 Å². The number of sulfonamides is 2. The van der Waals surface area contributed by atoms with Crippen LogP contribution in [0.1, 0.15) is 54.4 Å². The molecule has 20 heteroatoms. The first-order chi connectivity index (χ1) is 24.8. The lowest BCUT2D eigenvalue weighted by Gasteiger charge is -2.22. The van der Waals surface area contributed by atoms with Gasteiger partial charge < -0.3 is 40.5 Å². The zero-order valence-corrected chi connectivity index (χ0v) is 31.8. The Hall–Kier alpha value is -5.18. The first kappa shape index (κ1) is 41.6. The lowest BCUT2D eigenvalue weighted by molar-refractivity contribution is -0.140. The van der Waals surface area contributed by atoms with Gasteiger partial charge in [-0.2, -0.15) is 0 Å². The molecule has 54 heavy (non-hydrogen) atoms. The third kappa shape index (κ3) is 9.67. The van der Waals surface area contributed by atoms with Crippen molar-refractivity contribution in [3.63, 3.8) is 0 Å². The lowest BCUT2D eigenvalue weighted by atomic mass is 9.93. The first-order valence-corrected chi connectivity index (χ1v) is 19.4. The third-order valence-corrected chi connectivity index (χ3v) is 10.8. The molecule has 0 saturated heterocycles. The number of aliphatic carboxylic acids is 2. The zero-order valence-electron chi connectivity index (χ0n) is 30.1. The van der Waals surface area contributed by atoms with E-state index in [1.54, 1.807) is 41.5 Å². The SMILES string of the molecule is CC(C)(C)OC(=O)NC(CCNS(=O)(=O)c1cc(S(=O)(=O)NCCC(NC(=O)OC(C)(C)C)C(=O)O)c2ccc3c(O)cc(O)c4ccc1c2c43)C(=O)O. The van der Waals surface area contributed by atoms with Crippen LogP contribution in [0.4, 0.5) is 9.59 Å². The van der Waals surface area contributed by atoms with Gasteiger partial charge in [0.05, 0.1) is 9.79 Å². The van der Waals surface area contributed by atoms with Crippen LogP contribution in [-0.2, 0) is 39.1 Å². The molecule has 4 aromatic rings. The molecular weight excluding hydrogens is 753 g/mol. The first-order valence-electron chi connectivity index (χ1n) is 16.4. The lowest BCUT2D eigenvalue weighted by Crippen LogP contribution is -2.45. The van der Waals surface area contributed by atoms with Crippen molar-refractivity contribution in [1.82, 2.24) is 20.1 Å². The molecule has 0 radical (unpaired) electrons. The average molecular weight is 795 g/mol. The van der Waals surface area contributed by atoms with Crippen LogP contribution in [0, 0.1) is 0 Å². The number of ether oxygens (including phenoxy) is 2. The fraction of sp³-hybridized carbons (Fsp3) is 0.412. The van der Waals surface area contributed by atoms with E-state index in [0.29, 0.717) is 0 Å². The maximum atomic E-state index is 13.9. The number of carboxylic acid groups (broad SMARTS) is 2. The summed E-state index contributed by atoms with van der Waals surface area (Å²) in [6.07, 6.45) is -2.99. The fourth-order valence-corrected chi connectivity index (χ4v) is 8.21. The van der Waals surface area contributed by atoms with Crippen LogP contribution < -0.4 is 20.1 Å². The van der Waals surface area contributed by atoms with Crippen molar-refractivity contribution in [2.45, 2.75) is 87.5 Å². The number of phenolic OH excluding ortho intramolecular Hbond substituents is 2. The van der Waals surface area contributed by atoms with Crippen molar-refractivity contribution in [2.24, 2.45) is 0 Å². The minimum atomic E-state index is -4.68. The monoisotopic (exact) mass is 794 g/mol. The molecule has 2 unspecified atom stereocenters.